The molecule has 0 saturated heterocycles. The van der Waals surface area contributed by atoms with Crippen LogP contribution in [0.25, 0.3) is 10.8 Å². The Kier molecular flexibility index (Phi) is 5.61. The zero-order chi connectivity index (χ0) is 23.0. The van der Waals surface area contributed by atoms with Crippen molar-refractivity contribution in [2.24, 2.45) is 5.10 Å². The number of nitrogens with zero attached hydrogens (tertiary/aromatic N) is 3. The van der Waals surface area contributed by atoms with Crippen molar-refractivity contribution >= 4 is 33.5 Å². The van der Waals surface area contributed by atoms with Gasteiger partial charge in [0, 0.05) is 11.6 Å². The summed E-state index contributed by atoms with van der Waals surface area (Å²) < 4.78 is 0. The van der Waals surface area contributed by atoms with Crippen LogP contribution in [0.4, 0.5) is 17.1 Å². The van der Waals surface area contributed by atoms with E-state index < -0.39 is 9.85 Å². The van der Waals surface area contributed by atoms with Crippen molar-refractivity contribution in [2.45, 2.75) is 46.0 Å². The van der Waals surface area contributed by atoms with Gasteiger partial charge in [-0.25, -0.2) is 0 Å². The van der Waals surface area contributed by atoms with E-state index in [0.717, 1.165) is 36.6 Å². The highest BCUT2D eigenvalue weighted by atomic mass is 16.6. The van der Waals surface area contributed by atoms with Gasteiger partial charge in [0.05, 0.1) is 21.6 Å². The lowest BCUT2D eigenvalue weighted by atomic mass is 9.76. The first-order valence-electron chi connectivity index (χ1n) is 10.6. The molecule has 0 aliphatic heterocycles. The van der Waals surface area contributed by atoms with E-state index in [1.54, 1.807) is 0 Å². The van der Waals surface area contributed by atoms with E-state index in [4.69, 9.17) is 0 Å². The number of nitro groups is 2. The second-order valence-electron chi connectivity index (χ2n) is 8.18. The van der Waals surface area contributed by atoms with Gasteiger partial charge >= 0.3 is 5.69 Å². The number of non-ortho nitro benzene ring substituents is 1. The zero-order valence-electron chi connectivity index (χ0n) is 18.2. The van der Waals surface area contributed by atoms with E-state index in [2.05, 4.69) is 55.6 Å². The number of aryl methyl sites for hydroxylation is 2. The SMILES string of the molecule is CC[C@H]1CC/C(=N\Nc2ccc([N+](=O)[O-])cc2[N+](=O)[O-])c2ccc3c(C)ccc(C)c3c21. The highest BCUT2D eigenvalue weighted by Gasteiger charge is 2.27. The van der Waals surface area contributed by atoms with Crippen molar-refractivity contribution < 1.29 is 9.85 Å². The van der Waals surface area contributed by atoms with Crippen molar-refractivity contribution in [3.05, 3.63) is 84.9 Å². The Hall–Kier alpha value is -3.81. The summed E-state index contributed by atoms with van der Waals surface area (Å²) in [6.07, 6.45) is 2.71. The lowest BCUT2D eigenvalue weighted by Crippen LogP contribution is -2.18. The number of hydrazone groups is 1. The molecule has 164 valence electrons. The maximum Gasteiger partial charge on any atom is 0.301 e. The summed E-state index contributed by atoms with van der Waals surface area (Å²) in [5.74, 6) is 0.418. The quantitative estimate of drug-likeness (QED) is 0.372. The van der Waals surface area contributed by atoms with Crippen LogP contribution in [0.15, 0.2) is 47.6 Å². The van der Waals surface area contributed by atoms with Crippen LogP contribution in [0, 0.1) is 34.1 Å². The predicted octanol–water partition coefficient (Wildman–Crippen LogP) is 6.38. The Balaban J connectivity index is 1.81. The smallest absolute Gasteiger partial charge is 0.271 e. The second kappa shape index (κ2) is 8.37. The van der Waals surface area contributed by atoms with Crippen LogP contribution in [0.3, 0.4) is 0 Å². The molecule has 8 heteroatoms. The molecule has 0 fully saturated rings. The molecule has 1 aliphatic rings. The molecule has 0 heterocycles. The molecule has 0 bridgehead atoms. The van der Waals surface area contributed by atoms with E-state index >= 15 is 0 Å². The minimum atomic E-state index is -0.652. The van der Waals surface area contributed by atoms with Crippen LogP contribution in [-0.4, -0.2) is 15.6 Å². The largest absolute Gasteiger partial charge is 0.301 e. The normalized spacial score (nSPS) is 16.7. The third-order valence-corrected chi connectivity index (χ3v) is 6.29. The second-order valence-corrected chi connectivity index (χ2v) is 8.18. The summed E-state index contributed by atoms with van der Waals surface area (Å²) in [6.45, 7) is 6.43. The van der Waals surface area contributed by atoms with Gasteiger partial charge in [-0.3, -0.25) is 25.7 Å². The molecule has 0 aromatic heterocycles. The fourth-order valence-corrected chi connectivity index (χ4v) is 4.59. The summed E-state index contributed by atoms with van der Waals surface area (Å²) >= 11 is 0. The van der Waals surface area contributed by atoms with Crippen LogP contribution in [0.2, 0.25) is 0 Å². The van der Waals surface area contributed by atoms with E-state index in [9.17, 15) is 20.2 Å². The molecule has 3 aromatic rings. The average molecular weight is 432 g/mol. The van der Waals surface area contributed by atoms with Crippen molar-refractivity contribution in [3.63, 3.8) is 0 Å². The van der Waals surface area contributed by atoms with E-state index in [0.29, 0.717) is 5.92 Å². The van der Waals surface area contributed by atoms with Crippen molar-refractivity contribution in [3.8, 4) is 0 Å². The third kappa shape index (κ3) is 3.68. The molecule has 0 amide bonds. The summed E-state index contributed by atoms with van der Waals surface area (Å²) in [5.41, 5.74) is 7.85. The summed E-state index contributed by atoms with van der Waals surface area (Å²) in [7, 11) is 0. The van der Waals surface area contributed by atoms with Gasteiger partial charge < -0.3 is 0 Å². The monoisotopic (exact) mass is 432 g/mol. The minimum absolute atomic E-state index is 0.125. The minimum Gasteiger partial charge on any atom is -0.271 e. The van der Waals surface area contributed by atoms with Crippen molar-refractivity contribution in [2.75, 3.05) is 5.43 Å². The molecule has 1 N–H and O–H groups in total. The molecule has 3 aromatic carbocycles. The van der Waals surface area contributed by atoms with Gasteiger partial charge in [0.15, 0.2) is 0 Å². The zero-order valence-corrected chi connectivity index (χ0v) is 18.2. The van der Waals surface area contributed by atoms with E-state index in [-0.39, 0.29) is 17.1 Å². The Labute approximate surface area is 185 Å². The summed E-state index contributed by atoms with van der Waals surface area (Å²) in [5, 5.41) is 29.5. The van der Waals surface area contributed by atoms with Crippen LogP contribution < -0.4 is 5.43 Å². The van der Waals surface area contributed by atoms with E-state index in [1.807, 2.05) is 0 Å². The van der Waals surface area contributed by atoms with Gasteiger partial charge in [0.2, 0.25) is 0 Å². The van der Waals surface area contributed by atoms with Crippen LogP contribution in [-0.2, 0) is 0 Å². The lowest BCUT2D eigenvalue weighted by Gasteiger charge is -2.28. The number of nitrogens with one attached hydrogen (secondary N) is 1. The summed E-state index contributed by atoms with van der Waals surface area (Å²) in [6, 6.07) is 12.0. The Morgan fingerprint density at radius 1 is 1.03 bits per heavy atom. The van der Waals surface area contributed by atoms with Gasteiger partial charge in [-0.15, -0.1) is 0 Å². The topological polar surface area (TPSA) is 111 Å². The molecular formula is C24H24N4O4. The first kappa shape index (κ1) is 21.4. The van der Waals surface area contributed by atoms with Crippen LogP contribution in [0.1, 0.15) is 54.4 Å². The van der Waals surface area contributed by atoms with Gasteiger partial charge in [-0.1, -0.05) is 31.2 Å². The van der Waals surface area contributed by atoms with Crippen LogP contribution >= 0.6 is 0 Å². The molecule has 0 unspecified atom stereocenters. The molecule has 0 radical (unpaired) electrons. The molecule has 8 nitrogen and oxygen atoms in total. The molecular weight excluding hydrogens is 408 g/mol. The van der Waals surface area contributed by atoms with Gasteiger partial charge in [-0.05, 0) is 72.6 Å². The number of hydrogen-bond acceptors (Lipinski definition) is 6. The predicted molar refractivity (Wildman–Crippen MR) is 126 cm³/mol. The molecule has 0 spiro atoms. The fraction of sp³-hybridized carbons (Fsp3) is 0.292. The van der Waals surface area contributed by atoms with Crippen molar-refractivity contribution in [1.29, 1.82) is 0 Å². The van der Waals surface area contributed by atoms with E-state index in [1.165, 1.54) is 39.6 Å². The Morgan fingerprint density at radius 2 is 1.78 bits per heavy atom. The number of anilines is 1. The third-order valence-electron chi connectivity index (χ3n) is 6.29. The first-order valence-corrected chi connectivity index (χ1v) is 10.6. The lowest BCUT2D eigenvalue weighted by molar-refractivity contribution is -0.393. The Bertz CT molecular complexity index is 1280. The molecule has 1 aliphatic carbocycles. The molecule has 1 atom stereocenters. The number of benzene rings is 3. The standard InChI is InChI=1S/C24H24N4O4/c1-4-16-7-11-20(19-10-9-18-14(2)5-6-15(3)23(18)24(16)19)25-26-21-12-8-17(27(29)30)13-22(21)28(31)32/h5-6,8-10,12-13,16,26H,4,7,11H2,1-3H3/b25-20+/t16-/m0/s1. The number of hydrogen-bond donors (Lipinski definition) is 1. The van der Waals surface area contributed by atoms with Crippen LogP contribution in [0.5, 0.6) is 0 Å². The highest BCUT2D eigenvalue weighted by molar-refractivity contribution is 6.08. The Morgan fingerprint density at radius 3 is 2.47 bits per heavy atom. The number of fused-ring (bicyclic) bond motifs is 3. The number of nitro benzene ring substituents is 2. The molecule has 4 rings (SSSR count). The van der Waals surface area contributed by atoms with Gasteiger partial charge in [-0.2, -0.15) is 5.10 Å². The van der Waals surface area contributed by atoms with Gasteiger partial charge in [0.1, 0.15) is 5.69 Å². The fourth-order valence-electron chi connectivity index (χ4n) is 4.59. The first-order chi connectivity index (χ1) is 15.3. The van der Waals surface area contributed by atoms with Crippen molar-refractivity contribution in [1.82, 2.24) is 0 Å². The highest BCUT2D eigenvalue weighted by Crippen LogP contribution is 2.41. The van der Waals surface area contributed by atoms with Gasteiger partial charge in [0.25, 0.3) is 5.69 Å². The molecule has 0 saturated carbocycles. The maximum absolute atomic E-state index is 11.4. The summed E-state index contributed by atoms with van der Waals surface area (Å²) in [4.78, 5) is 21.1. The average Bonchev–Trinajstić information content (AvgIpc) is 2.79. The maximum atomic E-state index is 11.4. The number of rotatable bonds is 5. The molecule has 32 heavy (non-hydrogen) atoms.